The number of rotatable bonds is 5. The number of para-hydroxylation sites is 1. The molecule has 0 fully saturated rings. The van der Waals surface area contributed by atoms with Crippen LogP contribution in [0.25, 0.3) is 5.69 Å². The van der Waals surface area contributed by atoms with E-state index in [0.29, 0.717) is 0 Å². The zero-order valence-corrected chi connectivity index (χ0v) is 13.2. The average Bonchev–Trinajstić information content (AvgIpc) is 3.02. The van der Waals surface area contributed by atoms with Crippen LogP contribution >= 0.6 is 11.8 Å². The van der Waals surface area contributed by atoms with Gasteiger partial charge in [-0.2, -0.15) is 4.68 Å². The molecule has 0 aliphatic heterocycles. The Balaban J connectivity index is 1.80. The number of hydrogen-bond acceptors (Lipinski definition) is 5. The first-order valence-electron chi connectivity index (χ1n) is 6.88. The summed E-state index contributed by atoms with van der Waals surface area (Å²) < 4.78 is 7.02. The van der Waals surface area contributed by atoms with Crippen LogP contribution in [0.2, 0.25) is 0 Å². The molecule has 0 saturated carbocycles. The molecule has 0 saturated heterocycles. The van der Waals surface area contributed by atoms with Crippen molar-refractivity contribution in [3.05, 3.63) is 59.7 Å². The van der Waals surface area contributed by atoms with Crippen molar-refractivity contribution in [3.63, 3.8) is 0 Å². The summed E-state index contributed by atoms with van der Waals surface area (Å²) in [5.74, 6) is 1.64. The SMILES string of the molecule is COc1cccc(CSc2nnnn2-c2ccccc2C)c1. The molecule has 5 nitrogen and oxygen atoms in total. The van der Waals surface area contributed by atoms with E-state index in [1.54, 1.807) is 23.6 Å². The van der Waals surface area contributed by atoms with E-state index in [4.69, 9.17) is 4.74 Å². The fourth-order valence-electron chi connectivity index (χ4n) is 2.13. The third-order valence-corrected chi connectivity index (χ3v) is 4.28. The van der Waals surface area contributed by atoms with Crippen molar-refractivity contribution >= 4 is 11.8 Å². The Morgan fingerprint density at radius 1 is 1.14 bits per heavy atom. The van der Waals surface area contributed by atoms with Crippen molar-refractivity contribution in [2.24, 2.45) is 0 Å². The fourth-order valence-corrected chi connectivity index (χ4v) is 2.96. The van der Waals surface area contributed by atoms with Crippen LogP contribution in [-0.2, 0) is 5.75 Å². The van der Waals surface area contributed by atoms with E-state index >= 15 is 0 Å². The molecule has 6 heteroatoms. The van der Waals surface area contributed by atoms with E-state index in [0.717, 1.165) is 27.9 Å². The molecule has 2 aromatic carbocycles. The fraction of sp³-hybridized carbons (Fsp3) is 0.188. The molecule has 112 valence electrons. The van der Waals surface area contributed by atoms with Crippen molar-refractivity contribution in [2.45, 2.75) is 17.8 Å². The van der Waals surface area contributed by atoms with Gasteiger partial charge in [-0.1, -0.05) is 42.1 Å². The molecule has 0 radical (unpaired) electrons. The number of nitrogens with zero attached hydrogens (tertiary/aromatic N) is 4. The lowest BCUT2D eigenvalue weighted by atomic mass is 10.2. The topological polar surface area (TPSA) is 52.8 Å². The number of methoxy groups -OCH3 is 1. The molecule has 0 N–H and O–H groups in total. The highest BCUT2D eigenvalue weighted by atomic mass is 32.2. The molecular weight excluding hydrogens is 296 g/mol. The Morgan fingerprint density at radius 3 is 2.82 bits per heavy atom. The monoisotopic (exact) mass is 312 g/mol. The number of benzene rings is 2. The third-order valence-electron chi connectivity index (χ3n) is 3.29. The summed E-state index contributed by atoms with van der Waals surface area (Å²) >= 11 is 1.60. The van der Waals surface area contributed by atoms with Gasteiger partial charge in [0.1, 0.15) is 5.75 Å². The minimum Gasteiger partial charge on any atom is -0.497 e. The summed E-state index contributed by atoms with van der Waals surface area (Å²) in [6.45, 7) is 2.05. The average molecular weight is 312 g/mol. The van der Waals surface area contributed by atoms with Gasteiger partial charge in [0.25, 0.3) is 0 Å². The van der Waals surface area contributed by atoms with E-state index in [9.17, 15) is 0 Å². The minimum absolute atomic E-state index is 0.775. The Labute approximate surface area is 133 Å². The second-order valence-electron chi connectivity index (χ2n) is 4.80. The molecule has 1 heterocycles. The zero-order chi connectivity index (χ0) is 15.4. The first kappa shape index (κ1) is 14.6. The Morgan fingerprint density at radius 2 is 2.00 bits per heavy atom. The molecule has 22 heavy (non-hydrogen) atoms. The number of thioether (sulfide) groups is 1. The van der Waals surface area contributed by atoms with Gasteiger partial charge >= 0.3 is 0 Å². The Hall–Kier alpha value is -2.34. The van der Waals surface area contributed by atoms with Crippen LogP contribution in [-0.4, -0.2) is 27.3 Å². The number of hydrogen-bond donors (Lipinski definition) is 0. The zero-order valence-electron chi connectivity index (χ0n) is 12.4. The predicted octanol–water partition coefficient (Wildman–Crippen LogP) is 3.27. The number of ether oxygens (including phenoxy) is 1. The van der Waals surface area contributed by atoms with E-state index in [1.807, 2.05) is 49.4 Å². The van der Waals surface area contributed by atoms with Crippen LogP contribution in [0, 0.1) is 6.92 Å². The van der Waals surface area contributed by atoms with Gasteiger partial charge in [0.15, 0.2) is 0 Å². The van der Waals surface area contributed by atoms with Crippen LogP contribution < -0.4 is 4.74 Å². The van der Waals surface area contributed by atoms with Crippen LogP contribution in [0.1, 0.15) is 11.1 Å². The predicted molar refractivity (Wildman–Crippen MR) is 86.4 cm³/mol. The van der Waals surface area contributed by atoms with Gasteiger partial charge < -0.3 is 4.74 Å². The van der Waals surface area contributed by atoms with Gasteiger partial charge in [-0.15, -0.1) is 5.10 Å². The van der Waals surface area contributed by atoms with Crippen LogP contribution in [0.3, 0.4) is 0 Å². The molecule has 3 rings (SSSR count). The summed E-state index contributed by atoms with van der Waals surface area (Å²) in [4.78, 5) is 0. The highest BCUT2D eigenvalue weighted by Gasteiger charge is 2.11. The summed E-state index contributed by atoms with van der Waals surface area (Å²) in [6, 6.07) is 16.1. The van der Waals surface area contributed by atoms with Gasteiger partial charge in [0, 0.05) is 5.75 Å². The molecule has 0 atom stereocenters. The maximum Gasteiger partial charge on any atom is 0.214 e. The van der Waals surface area contributed by atoms with E-state index in [-0.39, 0.29) is 0 Å². The number of aromatic nitrogens is 4. The number of aryl methyl sites for hydroxylation is 1. The largest absolute Gasteiger partial charge is 0.497 e. The first-order chi connectivity index (χ1) is 10.8. The Kier molecular flexibility index (Phi) is 4.39. The maximum atomic E-state index is 5.25. The second-order valence-corrected chi connectivity index (χ2v) is 5.74. The van der Waals surface area contributed by atoms with Crippen molar-refractivity contribution < 1.29 is 4.74 Å². The van der Waals surface area contributed by atoms with Gasteiger partial charge in [0.05, 0.1) is 12.8 Å². The lowest BCUT2D eigenvalue weighted by Crippen LogP contribution is -2.01. The third kappa shape index (κ3) is 3.12. The summed E-state index contributed by atoms with van der Waals surface area (Å²) in [7, 11) is 1.67. The molecule has 0 aliphatic rings. The van der Waals surface area contributed by atoms with Gasteiger partial charge in [-0.05, 0) is 46.7 Å². The molecular formula is C16H16N4OS. The van der Waals surface area contributed by atoms with E-state index in [2.05, 4.69) is 21.6 Å². The normalized spacial score (nSPS) is 10.6. The van der Waals surface area contributed by atoms with Gasteiger partial charge in [0.2, 0.25) is 5.16 Å². The molecule has 0 unspecified atom stereocenters. The lowest BCUT2D eigenvalue weighted by molar-refractivity contribution is 0.414. The van der Waals surface area contributed by atoms with Crippen molar-refractivity contribution in [3.8, 4) is 11.4 Å². The van der Waals surface area contributed by atoms with Crippen molar-refractivity contribution in [2.75, 3.05) is 7.11 Å². The molecule has 0 spiro atoms. The lowest BCUT2D eigenvalue weighted by Gasteiger charge is -2.07. The maximum absolute atomic E-state index is 5.25. The molecule has 3 aromatic rings. The summed E-state index contributed by atoms with van der Waals surface area (Å²) in [5, 5.41) is 12.8. The van der Waals surface area contributed by atoms with E-state index < -0.39 is 0 Å². The summed E-state index contributed by atoms with van der Waals surface area (Å²) in [5.41, 5.74) is 3.31. The highest BCUT2D eigenvalue weighted by molar-refractivity contribution is 7.98. The van der Waals surface area contributed by atoms with Crippen LogP contribution in [0.4, 0.5) is 0 Å². The second kappa shape index (κ2) is 6.62. The van der Waals surface area contributed by atoms with Gasteiger partial charge in [-0.25, -0.2) is 0 Å². The van der Waals surface area contributed by atoms with Crippen LogP contribution in [0.15, 0.2) is 53.7 Å². The molecule has 0 aliphatic carbocycles. The van der Waals surface area contributed by atoms with Crippen LogP contribution in [0.5, 0.6) is 5.75 Å². The minimum atomic E-state index is 0.775. The van der Waals surface area contributed by atoms with Crippen molar-refractivity contribution in [1.29, 1.82) is 0 Å². The Bertz CT molecular complexity index is 772. The van der Waals surface area contributed by atoms with Crippen molar-refractivity contribution in [1.82, 2.24) is 20.2 Å². The molecule has 0 amide bonds. The quantitative estimate of drug-likeness (QED) is 0.677. The van der Waals surface area contributed by atoms with E-state index in [1.165, 1.54) is 5.56 Å². The summed E-state index contributed by atoms with van der Waals surface area (Å²) in [6.07, 6.45) is 0. The highest BCUT2D eigenvalue weighted by Crippen LogP contribution is 2.25. The van der Waals surface area contributed by atoms with Gasteiger partial charge in [-0.3, -0.25) is 0 Å². The molecule has 0 bridgehead atoms. The number of tetrazole rings is 1. The first-order valence-corrected chi connectivity index (χ1v) is 7.86. The standard InChI is InChI=1S/C16H16N4OS/c1-12-6-3-4-9-15(12)20-16(17-18-19-20)22-11-13-7-5-8-14(10-13)21-2/h3-10H,11H2,1-2H3. The molecule has 1 aromatic heterocycles. The smallest absolute Gasteiger partial charge is 0.214 e.